The van der Waals surface area contributed by atoms with Crippen LogP contribution in [0.2, 0.25) is 0 Å². The molecule has 0 aliphatic carbocycles. The Morgan fingerprint density at radius 2 is 2.07 bits per heavy atom. The molecule has 0 aromatic heterocycles. The monoisotopic (exact) mass is 410 g/mol. The van der Waals surface area contributed by atoms with Gasteiger partial charge in [-0.05, 0) is 62.4 Å². The third-order valence-electron chi connectivity index (χ3n) is 5.75. The number of rotatable bonds is 6. The zero-order valence-corrected chi connectivity index (χ0v) is 18.3. The van der Waals surface area contributed by atoms with Crippen LogP contribution < -0.4 is 9.64 Å². The van der Waals surface area contributed by atoms with Crippen molar-refractivity contribution in [2.75, 3.05) is 18.6 Å². The molecule has 0 spiro atoms. The number of carboxylic acid groups (broad SMARTS) is 1. The molecule has 1 aliphatic heterocycles. The fourth-order valence-electron chi connectivity index (χ4n) is 4.37. The Morgan fingerprint density at radius 3 is 2.70 bits per heavy atom. The van der Waals surface area contributed by atoms with Crippen LogP contribution in [-0.2, 0) is 0 Å². The molecule has 2 aromatic rings. The van der Waals surface area contributed by atoms with E-state index in [9.17, 15) is 15.0 Å². The molecule has 0 saturated heterocycles. The summed E-state index contributed by atoms with van der Waals surface area (Å²) < 4.78 is 5.66. The molecule has 30 heavy (non-hydrogen) atoms. The molecule has 160 valence electrons. The van der Waals surface area contributed by atoms with Crippen molar-refractivity contribution in [3.05, 3.63) is 47.0 Å². The third kappa shape index (κ3) is 4.13. The fraction of sp³-hybridized carbons (Fsp3) is 0.417. The Labute approximate surface area is 177 Å². The van der Waals surface area contributed by atoms with E-state index >= 15 is 0 Å². The molecule has 2 N–H and O–H groups in total. The topological polar surface area (TPSA) is 82.4 Å². The van der Waals surface area contributed by atoms with Crippen LogP contribution in [0, 0.1) is 0 Å². The van der Waals surface area contributed by atoms with Gasteiger partial charge in [0.25, 0.3) is 0 Å². The maximum atomic E-state index is 11.2. The van der Waals surface area contributed by atoms with Crippen LogP contribution in [0.3, 0.4) is 0 Å². The second-order valence-corrected chi connectivity index (χ2v) is 8.49. The lowest BCUT2D eigenvalue weighted by molar-refractivity contribution is 0.0693. The van der Waals surface area contributed by atoms with Crippen LogP contribution >= 0.6 is 0 Å². The first-order valence-corrected chi connectivity index (χ1v) is 10.3. The fourth-order valence-corrected chi connectivity index (χ4v) is 4.37. The summed E-state index contributed by atoms with van der Waals surface area (Å²) in [5.74, 6) is -0.349. The number of aliphatic imine (C=N–C) groups is 1. The van der Waals surface area contributed by atoms with Gasteiger partial charge in [-0.2, -0.15) is 0 Å². The SMILES string of the molecule is CCCN1c2cc(OC)c(C=Nc3ccc(O)c(C(=O)O)c3)cc2C(C)CC1(C)C. The van der Waals surface area contributed by atoms with Crippen molar-refractivity contribution >= 4 is 23.6 Å². The molecular formula is C24H30N2O4. The van der Waals surface area contributed by atoms with E-state index in [1.807, 2.05) is 0 Å². The van der Waals surface area contributed by atoms with Crippen molar-refractivity contribution in [1.29, 1.82) is 0 Å². The quantitative estimate of drug-likeness (QED) is 0.627. The largest absolute Gasteiger partial charge is 0.507 e. The van der Waals surface area contributed by atoms with E-state index in [4.69, 9.17) is 4.74 Å². The number of aromatic carboxylic acids is 1. The van der Waals surface area contributed by atoms with Crippen molar-refractivity contribution in [3.63, 3.8) is 0 Å². The Bertz CT molecular complexity index is 981. The van der Waals surface area contributed by atoms with Gasteiger partial charge in [0.15, 0.2) is 0 Å². The maximum absolute atomic E-state index is 11.2. The predicted molar refractivity (Wildman–Crippen MR) is 120 cm³/mol. The minimum atomic E-state index is -1.19. The summed E-state index contributed by atoms with van der Waals surface area (Å²) in [6.07, 6.45) is 3.81. The average Bonchev–Trinajstić information content (AvgIpc) is 2.69. The van der Waals surface area contributed by atoms with Gasteiger partial charge in [-0.3, -0.25) is 4.99 Å². The van der Waals surface area contributed by atoms with Gasteiger partial charge >= 0.3 is 5.97 Å². The standard InChI is InChI=1S/C24H30N2O4/c1-6-9-26-20-12-22(30-5)16(10-18(20)15(2)13-24(26,3)4)14-25-17-7-8-21(27)19(11-17)23(28)29/h7-8,10-12,14-15,27H,6,9,13H2,1-5H3,(H,28,29). The zero-order chi connectivity index (χ0) is 22.1. The van der Waals surface area contributed by atoms with Crippen molar-refractivity contribution in [2.24, 2.45) is 4.99 Å². The molecule has 3 rings (SSSR count). The molecule has 1 aliphatic rings. The molecule has 1 heterocycles. The van der Waals surface area contributed by atoms with E-state index in [0.29, 0.717) is 11.6 Å². The summed E-state index contributed by atoms with van der Waals surface area (Å²) in [4.78, 5) is 18.1. The Hall–Kier alpha value is -3.02. The molecule has 0 bridgehead atoms. The van der Waals surface area contributed by atoms with E-state index in [0.717, 1.165) is 30.7 Å². The van der Waals surface area contributed by atoms with Crippen LogP contribution in [-0.4, -0.2) is 41.6 Å². The van der Waals surface area contributed by atoms with Crippen molar-refractivity contribution in [2.45, 2.75) is 52.0 Å². The van der Waals surface area contributed by atoms with Gasteiger partial charge in [0.05, 0.1) is 12.8 Å². The second kappa shape index (κ2) is 8.38. The van der Waals surface area contributed by atoms with Gasteiger partial charge < -0.3 is 19.8 Å². The number of fused-ring (bicyclic) bond motifs is 1. The summed E-state index contributed by atoms with van der Waals surface area (Å²) in [6.45, 7) is 9.99. The first-order chi connectivity index (χ1) is 14.2. The average molecular weight is 411 g/mol. The van der Waals surface area contributed by atoms with Gasteiger partial charge in [-0.1, -0.05) is 13.8 Å². The molecule has 1 atom stereocenters. The number of hydrogen-bond acceptors (Lipinski definition) is 5. The number of carboxylic acids is 1. The van der Waals surface area contributed by atoms with Crippen LogP contribution in [0.5, 0.6) is 11.5 Å². The highest BCUT2D eigenvalue weighted by Gasteiger charge is 2.36. The van der Waals surface area contributed by atoms with Crippen LogP contribution in [0.1, 0.15) is 67.9 Å². The van der Waals surface area contributed by atoms with Gasteiger partial charge in [-0.25, -0.2) is 4.79 Å². The number of benzene rings is 2. The summed E-state index contributed by atoms with van der Waals surface area (Å²) in [5.41, 5.74) is 3.65. The van der Waals surface area contributed by atoms with E-state index < -0.39 is 5.97 Å². The van der Waals surface area contributed by atoms with Crippen LogP contribution in [0.25, 0.3) is 0 Å². The van der Waals surface area contributed by atoms with E-state index in [-0.39, 0.29) is 16.9 Å². The van der Waals surface area contributed by atoms with Crippen LogP contribution in [0.4, 0.5) is 11.4 Å². The first kappa shape index (κ1) is 21.7. The summed E-state index contributed by atoms with van der Waals surface area (Å²) in [7, 11) is 1.64. The lowest BCUT2D eigenvalue weighted by atomic mass is 9.79. The molecule has 1 unspecified atom stereocenters. The van der Waals surface area contributed by atoms with E-state index in [1.165, 1.54) is 23.4 Å². The van der Waals surface area contributed by atoms with Gasteiger partial charge in [0, 0.05) is 35.6 Å². The summed E-state index contributed by atoms with van der Waals surface area (Å²) in [5, 5.41) is 18.9. The molecular weight excluding hydrogens is 380 g/mol. The van der Waals surface area contributed by atoms with E-state index in [2.05, 4.69) is 49.7 Å². The highest BCUT2D eigenvalue weighted by Crippen LogP contribution is 2.45. The minimum Gasteiger partial charge on any atom is -0.507 e. The summed E-state index contributed by atoms with van der Waals surface area (Å²) in [6, 6.07) is 8.49. The lowest BCUT2D eigenvalue weighted by Gasteiger charge is -2.47. The number of anilines is 1. The molecule has 2 aromatic carbocycles. The Morgan fingerprint density at radius 1 is 1.33 bits per heavy atom. The van der Waals surface area contributed by atoms with Crippen molar-refractivity contribution in [1.82, 2.24) is 0 Å². The predicted octanol–water partition coefficient (Wildman–Crippen LogP) is 5.35. The first-order valence-electron chi connectivity index (χ1n) is 10.3. The smallest absolute Gasteiger partial charge is 0.339 e. The van der Waals surface area contributed by atoms with Gasteiger partial charge in [0.2, 0.25) is 0 Å². The van der Waals surface area contributed by atoms with Crippen molar-refractivity contribution < 1.29 is 19.7 Å². The number of methoxy groups -OCH3 is 1. The zero-order valence-electron chi connectivity index (χ0n) is 18.3. The van der Waals surface area contributed by atoms with E-state index in [1.54, 1.807) is 19.4 Å². The maximum Gasteiger partial charge on any atom is 0.339 e. The molecule has 0 saturated carbocycles. The van der Waals surface area contributed by atoms with Crippen molar-refractivity contribution in [3.8, 4) is 11.5 Å². The van der Waals surface area contributed by atoms with Crippen LogP contribution in [0.15, 0.2) is 35.3 Å². The molecule has 6 heteroatoms. The molecule has 6 nitrogen and oxygen atoms in total. The number of nitrogens with zero attached hydrogens (tertiary/aromatic N) is 2. The highest BCUT2D eigenvalue weighted by atomic mass is 16.5. The Kier molecular flexibility index (Phi) is 6.06. The molecule has 0 radical (unpaired) electrons. The number of hydrogen-bond donors (Lipinski definition) is 2. The number of ether oxygens (including phenoxy) is 1. The number of phenols is 1. The van der Waals surface area contributed by atoms with Gasteiger partial charge in [-0.15, -0.1) is 0 Å². The third-order valence-corrected chi connectivity index (χ3v) is 5.75. The Balaban J connectivity index is 2.03. The highest BCUT2D eigenvalue weighted by molar-refractivity contribution is 5.93. The number of carbonyl (C=O) groups is 1. The summed E-state index contributed by atoms with van der Waals surface area (Å²) >= 11 is 0. The molecule has 0 amide bonds. The minimum absolute atomic E-state index is 0.0717. The molecule has 0 fully saturated rings. The lowest BCUT2D eigenvalue weighted by Crippen LogP contribution is -2.48. The normalized spacial score (nSPS) is 17.8. The number of aromatic hydroxyl groups is 1. The second-order valence-electron chi connectivity index (χ2n) is 8.49. The van der Waals surface area contributed by atoms with Gasteiger partial charge in [0.1, 0.15) is 17.1 Å².